The molecule has 1 rings (SSSR count). The molecule has 1 aromatic carbocycles. The monoisotopic (exact) mass is 308 g/mol. The number of ether oxygens (including phenoxy) is 1. The van der Waals surface area contributed by atoms with Crippen molar-refractivity contribution >= 4 is 39.1 Å². The summed E-state index contributed by atoms with van der Waals surface area (Å²) in [6.45, 7) is 0. The molecule has 0 fully saturated rings. The van der Waals surface area contributed by atoms with Crippen LogP contribution in [-0.2, 0) is 0 Å². The van der Waals surface area contributed by atoms with E-state index in [4.69, 9.17) is 23.2 Å². The van der Waals surface area contributed by atoms with E-state index in [2.05, 4.69) is 20.7 Å². The van der Waals surface area contributed by atoms with Crippen molar-refractivity contribution < 1.29 is 17.9 Å². The molecule has 0 radical (unpaired) electrons. The highest BCUT2D eigenvalue weighted by atomic mass is 79.9. The normalized spacial score (nSPS) is 11.6. The Kier molecular flexibility index (Phi) is 3.55. The molecule has 0 aliphatic heterocycles. The molecular weight excluding hydrogens is 308 g/mol. The van der Waals surface area contributed by atoms with Crippen LogP contribution in [0.25, 0.3) is 0 Å². The van der Waals surface area contributed by atoms with Crippen molar-refractivity contribution in [3.63, 3.8) is 0 Å². The summed E-state index contributed by atoms with van der Waals surface area (Å²) in [7, 11) is 0. The van der Waals surface area contributed by atoms with Gasteiger partial charge in [-0.15, -0.1) is 13.2 Å². The lowest BCUT2D eigenvalue weighted by Gasteiger charge is -2.11. The van der Waals surface area contributed by atoms with E-state index in [-0.39, 0.29) is 10.0 Å². The third-order valence-corrected chi connectivity index (χ3v) is 2.20. The molecule has 0 aromatic heterocycles. The van der Waals surface area contributed by atoms with Crippen LogP contribution in [0, 0.1) is 0 Å². The van der Waals surface area contributed by atoms with E-state index < -0.39 is 12.1 Å². The van der Waals surface area contributed by atoms with E-state index in [1.807, 2.05) is 0 Å². The maximum absolute atomic E-state index is 11.9. The average molecular weight is 310 g/mol. The van der Waals surface area contributed by atoms with Crippen LogP contribution < -0.4 is 4.74 Å². The first-order chi connectivity index (χ1) is 6.29. The Morgan fingerprint density at radius 1 is 1.14 bits per heavy atom. The summed E-state index contributed by atoms with van der Waals surface area (Å²) in [5.74, 6) is -0.593. The summed E-state index contributed by atoms with van der Waals surface area (Å²) in [4.78, 5) is 0. The quantitative estimate of drug-likeness (QED) is 0.733. The zero-order chi connectivity index (χ0) is 10.9. The van der Waals surface area contributed by atoms with Crippen LogP contribution in [0.1, 0.15) is 0 Å². The molecule has 0 aliphatic rings. The van der Waals surface area contributed by atoms with Gasteiger partial charge < -0.3 is 4.74 Å². The lowest BCUT2D eigenvalue weighted by Crippen LogP contribution is -2.17. The third kappa shape index (κ3) is 3.22. The van der Waals surface area contributed by atoms with Crippen molar-refractivity contribution in [2.75, 3.05) is 0 Å². The molecule has 0 N–H and O–H groups in total. The van der Waals surface area contributed by atoms with Crippen molar-refractivity contribution in [2.24, 2.45) is 0 Å². The molecule has 0 heterocycles. The molecule has 0 unspecified atom stereocenters. The predicted molar refractivity (Wildman–Crippen MR) is 50.8 cm³/mol. The van der Waals surface area contributed by atoms with Gasteiger partial charge in [0.15, 0.2) is 5.75 Å². The molecule has 0 saturated carbocycles. The van der Waals surface area contributed by atoms with E-state index in [1.54, 1.807) is 0 Å². The van der Waals surface area contributed by atoms with Gasteiger partial charge in [0.1, 0.15) is 0 Å². The Morgan fingerprint density at radius 2 is 1.57 bits per heavy atom. The van der Waals surface area contributed by atoms with Gasteiger partial charge in [-0.1, -0.05) is 39.1 Å². The van der Waals surface area contributed by atoms with Crippen molar-refractivity contribution in [1.82, 2.24) is 0 Å². The number of hydrogen-bond acceptors (Lipinski definition) is 1. The predicted octanol–water partition coefficient (Wildman–Crippen LogP) is 4.65. The van der Waals surface area contributed by atoms with Gasteiger partial charge in [-0.25, -0.2) is 0 Å². The Balaban J connectivity index is 3.09. The Bertz CT molecular complexity index is 330. The van der Waals surface area contributed by atoms with Gasteiger partial charge in [0.25, 0.3) is 0 Å². The minimum atomic E-state index is -4.80. The van der Waals surface area contributed by atoms with Gasteiger partial charge in [-0.05, 0) is 12.1 Å². The highest BCUT2D eigenvalue weighted by Crippen LogP contribution is 2.38. The lowest BCUT2D eigenvalue weighted by atomic mass is 10.3. The highest BCUT2D eigenvalue weighted by Gasteiger charge is 2.33. The summed E-state index contributed by atoms with van der Waals surface area (Å²) in [5.41, 5.74) is 0. The molecular formula is C7H2BrCl2F3O. The molecule has 0 atom stereocenters. The van der Waals surface area contributed by atoms with Gasteiger partial charge in [0.2, 0.25) is 0 Å². The molecule has 14 heavy (non-hydrogen) atoms. The smallest absolute Gasteiger partial charge is 0.403 e. The molecule has 1 aromatic rings. The van der Waals surface area contributed by atoms with Crippen molar-refractivity contribution in [1.29, 1.82) is 0 Å². The standard InChI is InChI=1S/C7H2BrCl2F3O/c8-3-1-4(9)6(5(10)2-3)14-7(11,12)13/h1-2H. The lowest BCUT2D eigenvalue weighted by molar-refractivity contribution is -0.274. The number of halogens is 6. The van der Waals surface area contributed by atoms with Crippen molar-refractivity contribution in [3.8, 4) is 5.75 Å². The Labute approximate surface area is 95.9 Å². The molecule has 0 bridgehead atoms. The first-order valence-corrected chi connectivity index (χ1v) is 4.75. The molecule has 1 nitrogen and oxygen atoms in total. The largest absolute Gasteiger partial charge is 0.573 e. The fourth-order valence-electron chi connectivity index (χ4n) is 0.742. The van der Waals surface area contributed by atoms with Gasteiger partial charge in [0.05, 0.1) is 10.0 Å². The van der Waals surface area contributed by atoms with Gasteiger partial charge in [0, 0.05) is 4.47 Å². The second kappa shape index (κ2) is 4.16. The number of alkyl halides is 3. The number of benzene rings is 1. The summed E-state index contributed by atoms with van der Waals surface area (Å²) < 4.78 is 39.7. The number of rotatable bonds is 1. The number of hydrogen-bond donors (Lipinski definition) is 0. The summed E-state index contributed by atoms with van der Waals surface area (Å²) in [5, 5.41) is -0.414. The van der Waals surface area contributed by atoms with Gasteiger partial charge >= 0.3 is 6.36 Å². The van der Waals surface area contributed by atoms with Crippen LogP contribution in [0.2, 0.25) is 10.0 Å². The van der Waals surface area contributed by atoms with Crippen LogP contribution in [0.15, 0.2) is 16.6 Å². The second-order valence-corrected chi connectivity index (χ2v) is 3.98. The van der Waals surface area contributed by atoms with E-state index in [0.29, 0.717) is 4.47 Å². The summed E-state index contributed by atoms with van der Waals surface area (Å²) >= 11 is 14.0. The Morgan fingerprint density at radius 3 is 1.93 bits per heavy atom. The topological polar surface area (TPSA) is 9.23 Å². The van der Waals surface area contributed by atoms with E-state index in [1.165, 1.54) is 12.1 Å². The SMILES string of the molecule is FC(F)(F)Oc1c(Cl)cc(Br)cc1Cl. The average Bonchev–Trinajstić information content (AvgIpc) is 1.95. The van der Waals surface area contributed by atoms with E-state index >= 15 is 0 Å². The van der Waals surface area contributed by atoms with Crippen molar-refractivity contribution in [3.05, 3.63) is 26.7 Å². The van der Waals surface area contributed by atoms with Crippen molar-refractivity contribution in [2.45, 2.75) is 6.36 Å². The zero-order valence-corrected chi connectivity index (χ0v) is 9.43. The summed E-state index contributed by atoms with van der Waals surface area (Å²) in [6, 6.07) is 2.52. The van der Waals surface area contributed by atoms with Crippen LogP contribution in [-0.4, -0.2) is 6.36 Å². The molecule has 78 valence electrons. The zero-order valence-electron chi connectivity index (χ0n) is 6.33. The fraction of sp³-hybridized carbons (Fsp3) is 0.143. The molecule has 0 saturated heterocycles. The highest BCUT2D eigenvalue weighted by molar-refractivity contribution is 9.10. The fourth-order valence-corrected chi connectivity index (χ4v) is 2.03. The van der Waals surface area contributed by atoms with Crippen LogP contribution >= 0.6 is 39.1 Å². The Hall–Kier alpha value is -0.130. The van der Waals surface area contributed by atoms with Gasteiger partial charge in [-0.3, -0.25) is 0 Å². The molecule has 0 spiro atoms. The summed E-state index contributed by atoms with van der Waals surface area (Å²) in [6.07, 6.45) is -4.80. The van der Waals surface area contributed by atoms with E-state index in [9.17, 15) is 13.2 Å². The second-order valence-electron chi connectivity index (χ2n) is 2.25. The molecule has 0 amide bonds. The van der Waals surface area contributed by atoms with Crippen LogP contribution in [0.4, 0.5) is 13.2 Å². The first kappa shape index (κ1) is 11.9. The van der Waals surface area contributed by atoms with Gasteiger partial charge in [-0.2, -0.15) is 0 Å². The first-order valence-electron chi connectivity index (χ1n) is 3.20. The minimum absolute atomic E-state index is 0.207. The molecule has 7 heteroatoms. The maximum atomic E-state index is 11.9. The third-order valence-electron chi connectivity index (χ3n) is 1.18. The maximum Gasteiger partial charge on any atom is 0.573 e. The van der Waals surface area contributed by atoms with Crippen LogP contribution in [0.5, 0.6) is 5.75 Å². The van der Waals surface area contributed by atoms with E-state index in [0.717, 1.165) is 0 Å². The minimum Gasteiger partial charge on any atom is -0.403 e. The molecule has 0 aliphatic carbocycles. The van der Waals surface area contributed by atoms with Crippen LogP contribution in [0.3, 0.4) is 0 Å².